The van der Waals surface area contributed by atoms with Crippen molar-refractivity contribution in [2.24, 2.45) is 0 Å². The smallest absolute Gasteiger partial charge is 0.320 e. The predicted molar refractivity (Wildman–Crippen MR) is 61.7 cm³/mol. The summed E-state index contributed by atoms with van der Waals surface area (Å²) in [4.78, 5) is 10.8. The van der Waals surface area contributed by atoms with Crippen molar-refractivity contribution in [3.63, 3.8) is 0 Å². The second-order valence-corrected chi connectivity index (χ2v) is 3.40. The molecule has 2 N–H and O–H groups in total. The maximum absolute atomic E-state index is 10.8. The molecule has 0 saturated heterocycles. The van der Waals surface area contributed by atoms with Gasteiger partial charge in [-0.15, -0.1) is 0 Å². The van der Waals surface area contributed by atoms with Gasteiger partial charge in [0.1, 0.15) is 11.8 Å². The molecule has 1 atom stereocenters. The van der Waals surface area contributed by atoms with Gasteiger partial charge in [-0.25, -0.2) is 0 Å². The molecule has 0 aromatic heterocycles. The number of nitrogens with one attached hydrogen (secondary N) is 1. The molecule has 0 aliphatic rings. The molecule has 1 aromatic carbocycles. The third-order valence-electron chi connectivity index (χ3n) is 2.17. The van der Waals surface area contributed by atoms with Crippen LogP contribution in [-0.4, -0.2) is 30.3 Å². The van der Waals surface area contributed by atoms with Gasteiger partial charge in [-0.1, -0.05) is 25.1 Å². The number of hydrogen-bond acceptors (Lipinski definition) is 3. The topological polar surface area (TPSA) is 58.6 Å². The second kappa shape index (κ2) is 6.85. The van der Waals surface area contributed by atoms with Crippen molar-refractivity contribution in [2.45, 2.75) is 19.4 Å². The molecule has 0 saturated carbocycles. The van der Waals surface area contributed by atoms with Crippen molar-refractivity contribution in [1.82, 2.24) is 5.32 Å². The van der Waals surface area contributed by atoms with Gasteiger partial charge in [0.25, 0.3) is 0 Å². The minimum Gasteiger partial charge on any atom is -0.494 e. The second-order valence-electron chi connectivity index (χ2n) is 3.40. The van der Waals surface area contributed by atoms with Gasteiger partial charge in [0.05, 0.1) is 6.61 Å². The van der Waals surface area contributed by atoms with Gasteiger partial charge in [-0.05, 0) is 18.7 Å². The molecule has 16 heavy (non-hydrogen) atoms. The Bertz CT molecular complexity index is 313. The number of rotatable bonds is 7. The van der Waals surface area contributed by atoms with Crippen LogP contribution in [0.3, 0.4) is 0 Å². The summed E-state index contributed by atoms with van der Waals surface area (Å²) in [5.41, 5.74) is 0. The van der Waals surface area contributed by atoms with Gasteiger partial charge >= 0.3 is 5.97 Å². The number of ether oxygens (including phenoxy) is 1. The average Bonchev–Trinajstić information content (AvgIpc) is 2.29. The van der Waals surface area contributed by atoms with Gasteiger partial charge in [0, 0.05) is 6.42 Å². The van der Waals surface area contributed by atoms with Gasteiger partial charge in [-0.2, -0.15) is 0 Å². The maximum atomic E-state index is 10.8. The third kappa shape index (κ3) is 4.31. The Morgan fingerprint density at radius 3 is 2.69 bits per heavy atom. The monoisotopic (exact) mass is 223 g/mol. The number of carboxylic acid groups (broad SMARTS) is 1. The summed E-state index contributed by atoms with van der Waals surface area (Å²) < 4.78 is 5.43. The van der Waals surface area contributed by atoms with Crippen molar-refractivity contribution in [2.75, 3.05) is 13.2 Å². The Labute approximate surface area is 95.2 Å². The third-order valence-corrected chi connectivity index (χ3v) is 2.17. The lowest BCUT2D eigenvalue weighted by atomic mass is 10.2. The van der Waals surface area contributed by atoms with Crippen LogP contribution in [-0.2, 0) is 4.79 Å². The van der Waals surface area contributed by atoms with Gasteiger partial charge in [0.15, 0.2) is 0 Å². The summed E-state index contributed by atoms with van der Waals surface area (Å²) in [6.07, 6.45) is 0.456. The predicted octanol–water partition coefficient (Wildman–Crippen LogP) is 1.52. The van der Waals surface area contributed by atoms with E-state index in [1.54, 1.807) is 0 Å². The Morgan fingerprint density at radius 1 is 1.44 bits per heavy atom. The van der Waals surface area contributed by atoms with Crippen molar-refractivity contribution >= 4 is 5.97 Å². The van der Waals surface area contributed by atoms with Crippen LogP contribution in [0.2, 0.25) is 0 Å². The number of carboxylic acids is 1. The Morgan fingerprint density at radius 2 is 2.12 bits per heavy atom. The zero-order valence-corrected chi connectivity index (χ0v) is 9.35. The highest BCUT2D eigenvalue weighted by Crippen LogP contribution is 2.08. The van der Waals surface area contributed by atoms with E-state index in [1.165, 1.54) is 0 Å². The van der Waals surface area contributed by atoms with Crippen LogP contribution >= 0.6 is 0 Å². The van der Waals surface area contributed by atoms with E-state index in [1.807, 2.05) is 37.3 Å². The number of likely N-dealkylation sites (N-methyl/N-ethyl adjacent to an activating group) is 1. The van der Waals surface area contributed by atoms with Crippen molar-refractivity contribution in [3.05, 3.63) is 30.3 Å². The maximum Gasteiger partial charge on any atom is 0.320 e. The fourth-order valence-electron chi connectivity index (χ4n) is 1.37. The molecule has 0 radical (unpaired) electrons. The summed E-state index contributed by atoms with van der Waals surface area (Å²) in [5.74, 6) is -0.0679. The molecular formula is C12H17NO3. The number of benzene rings is 1. The highest BCUT2D eigenvalue weighted by Gasteiger charge is 2.15. The van der Waals surface area contributed by atoms with Crippen LogP contribution in [0.15, 0.2) is 30.3 Å². The van der Waals surface area contributed by atoms with Crippen molar-refractivity contribution in [1.29, 1.82) is 0 Å². The van der Waals surface area contributed by atoms with Crippen LogP contribution in [0.25, 0.3) is 0 Å². The van der Waals surface area contributed by atoms with E-state index in [-0.39, 0.29) is 0 Å². The van der Waals surface area contributed by atoms with Gasteiger partial charge in [-0.3, -0.25) is 4.79 Å². The first-order valence-corrected chi connectivity index (χ1v) is 5.38. The first-order chi connectivity index (χ1) is 7.74. The molecule has 0 unspecified atom stereocenters. The lowest BCUT2D eigenvalue weighted by molar-refractivity contribution is -0.139. The Balaban J connectivity index is 2.31. The minimum absolute atomic E-state index is 0.397. The first-order valence-electron chi connectivity index (χ1n) is 5.38. The van der Waals surface area contributed by atoms with Crippen LogP contribution in [0.5, 0.6) is 5.75 Å². The highest BCUT2D eigenvalue weighted by atomic mass is 16.5. The normalized spacial score (nSPS) is 12.1. The zero-order chi connectivity index (χ0) is 11.8. The Kier molecular flexibility index (Phi) is 5.36. The molecule has 0 amide bonds. The molecule has 0 fully saturated rings. The number of carbonyl (C=O) groups is 1. The summed E-state index contributed by atoms with van der Waals surface area (Å²) in [7, 11) is 0. The molecule has 0 heterocycles. The molecule has 1 rings (SSSR count). The van der Waals surface area contributed by atoms with E-state index in [0.29, 0.717) is 19.6 Å². The first kappa shape index (κ1) is 12.5. The highest BCUT2D eigenvalue weighted by molar-refractivity contribution is 5.73. The lowest BCUT2D eigenvalue weighted by Gasteiger charge is -2.13. The molecule has 0 bridgehead atoms. The Hall–Kier alpha value is -1.55. The zero-order valence-electron chi connectivity index (χ0n) is 9.35. The standard InChI is InChI=1S/C12H17NO3/c1-2-13-11(12(14)15)8-9-16-10-6-4-3-5-7-10/h3-7,11,13H,2,8-9H2,1H3,(H,14,15)/t11-/m0/s1. The molecule has 1 aromatic rings. The van der Waals surface area contributed by atoms with E-state index in [4.69, 9.17) is 9.84 Å². The van der Waals surface area contributed by atoms with Gasteiger partial charge < -0.3 is 15.2 Å². The van der Waals surface area contributed by atoms with Crippen LogP contribution < -0.4 is 10.1 Å². The fourth-order valence-corrected chi connectivity index (χ4v) is 1.37. The fraction of sp³-hybridized carbons (Fsp3) is 0.417. The number of aliphatic carboxylic acids is 1. The molecule has 0 aliphatic carbocycles. The molecule has 4 heteroatoms. The van der Waals surface area contributed by atoms with Crippen molar-refractivity contribution in [3.8, 4) is 5.75 Å². The van der Waals surface area contributed by atoms with E-state index in [2.05, 4.69) is 5.32 Å². The molecule has 88 valence electrons. The van der Waals surface area contributed by atoms with Crippen molar-refractivity contribution < 1.29 is 14.6 Å². The van der Waals surface area contributed by atoms with Crippen LogP contribution in [0.1, 0.15) is 13.3 Å². The number of para-hydroxylation sites is 1. The van der Waals surface area contributed by atoms with Gasteiger partial charge in [0.2, 0.25) is 0 Å². The number of hydrogen-bond donors (Lipinski definition) is 2. The average molecular weight is 223 g/mol. The van der Waals surface area contributed by atoms with E-state index in [9.17, 15) is 4.79 Å². The molecule has 4 nitrogen and oxygen atoms in total. The van der Waals surface area contributed by atoms with E-state index >= 15 is 0 Å². The molecule has 0 aliphatic heterocycles. The van der Waals surface area contributed by atoms with Crippen LogP contribution in [0, 0.1) is 0 Å². The SMILES string of the molecule is CCN[C@@H](CCOc1ccccc1)C(=O)O. The summed E-state index contributed by atoms with van der Waals surface area (Å²) in [6, 6.07) is 8.84. The molecule has 0 spiro atoms. The van der Waals surface area contributed by atoms with E-state index in [0.717, 1.165) is 5.75 Å². The molecular weight excluding hydrogens is 206 g/mol. The lowest BCUT2D eigenvalue weighted by Crippen LogP contribution is -2.37. The summed E-state index contributed by atoms with van der Waals surface area (Å²) in [5, 5.41) is 11.8. The largest absolute Gasteiger partial charge is 0.494 e. The van der Waals surface area contributed by atoms with E-state index < -0.39 is 12.0 Å². The van der Waals surface area contributed by atoms with Crippen LogP contribution in [0.4, 0.5) is 0 Å². The minimum atomic E-state index is -0.835. The quantitative estimate of drug-likeness (QED) is 0.735. The summed E-state index contributed by atoms with van der Waals surface area (Å²) >= 11 is 0. The summed E-state index contributed by atoms with van der Waals surface area (Å²) in [6.45, 7) is 2.92.